The van der Waals surface area contributed by atoms with Crippen molar-refractivity contribution in [2.75, 3.05) is 32.6 Å². The second kappa shape index (κ2) is 9.86. The maximum Gasteiger partial charge on any atom is 0.262 e. The lowest BCUT2D eigenvalue weighted by Gasteiger charge is -2.17. The van der Waals surface area contributed by atoms with E-state index < -0.39 is 15.9 Å². The van der Waals surface area contributed by atoms with E-state index in [1.165, 1.54) is 44.4 Å². The minimum atomic E-state index is -3.78. The Balaban J connectivity index is 2.17. The largest absolute Gasteiger partial charge is 0.492 e. The highest BCUT2D eigenvalue weighted by Crippen LogP contribution is 2.34. The number of hydrogen-bond acceptors (Lipinski definition) is 5. The van der Waals surface area contributed by atoms with E-state index >= 15 is 0 Å². The third-order valence-corrected chi connectivity index (χ3v) is 6.47. The average molecular weight is 482 g/mol. The molecule has 0 bridgehead atoms. The molecule has 29 heavy (non-hydrogen) atoms. The van der Waals surface area contributed by atoms with Gasteiger partial charge in [0.05, 0.1) is 21.7 Å². The van der Waals surface area contributed by atoms with Gasteiger partial charge in [-0.15, -0.1) is 0 Å². The van der Waals surface area contributed by atoms with Gasteiger partial charge in [-0.1, -0.05) is 34.8 Å². The van der Waals surface area contributed by atoms with Crippen LogP contribution in [-0.4, -0.2) is 45.9 Å². The van der Waals surface area contributed by atoms with Crippen LogP contribution in [0.2, 0.25) is 15.1 Å². The number of carbonyl (C=O) groups excluding carboxylic acids is 1. The summed E-state index contributed by atoms with van der Waals surface area (Å²) in [5.41, 5.74) is 0.266. The maximum atomic E-state index is 12.5. The van der Waals surface area contributed by atoms with E-state index in [1.54, 1.807) is 6.92 Å². The number of nitrogens with one attached hydrogen (secondary N) is 1. The molecule has 0 fully saturated rings. The second-order valence-electron chi connectivity index (χ2n) is 5.92. The zero-order chi connectivity index (χ0) is 21.8. The molecule has 0 atom stereocenters. The van der Waals surface area contributed by atoms with E-state index in [9.17, 15) is 13.2 Å². The van der Waals surface area contributed by atoms with Gasteiger partial charge < -0.3 is 14.8 Å². The Kier molecular flexibility index (Phi) is 8.02. The fraction of sp³-hybridized carbons (Fsp3) is 0.278. The van der Waals surface area contributed by atoms with Crippen molar-refractivity contribution in [3.8, 4) is 11.5 Å². The number of halogens is 3. The smallest absolute Gasteiger partial charge is 0.262 e. The minimum Gasteiger partial charge on any atom is -0.492 e. The summed E-state index contributed by atoms with van der Waals surface area (Å²) in [6.45, 7) is 1.66. The number of nitrogens with zero attached hydrogens (tertiary/aromatic N) is 1. The van der Waals surface area contributed by atoms with Gasteiger partial charge in [0.15, 0.2) is 6.61 Å². The first-order chi connectivity index (χ1) is 13.6. The van der Waals surface area contributed by atoms with Gasteiger partial charge in [0, 0.05) is 25.8 Å². The zero-order valence-corrected chi connectivity index (χ0v) is 18.9. The maximum absolute atomic E-state index is 12.5. The summed E-state index contributed by atoms with van der Waals surface area (Å²) in [5.74, 6) is -0.138. The third kappa shape index (κ3) is 5.90. The van der Waals surface area contributed by atoms with Crippen molar-refractivity contribution < 1.29 is 22.7 Å². The average Bonchev–Trinajstić information content (AvgIpc) is 2.64. The molecular formula is C18H19Cl3N2O5S. The summed E-state index contributed by atoms with van der Waals surface area (Å²) in [6, 6.07) is 7.14. The van der Waals surface area contributed by atoms with Crippen LogP contribution < -0.4 is 14.8 Å². The molecule has 0 heterocycles. The Morgan fingerprint density at radius 2 is 1.66 bits per heavy atom. The monoisotopic (exact) mass is 480 g/mol. The van der Waals surface area contributed by atoms with Crippen molar-refractivity contribution in [3.63, 3.8) is 0 Å². The molecule has 2 rings (SSSR count). The van der Waals surface area contributed by atoms with Crippen LogP contribution in [0.5, 0.6) is 11.5 Å². The number of sulfonamides is 1. The molecule has 0 radical (unpaired) electrons. The van der Waals surface area contributed by atoms with Gasteiger partial charge in [-0.05, 0) is 31.2 Å². The molecule has 1 N–H and O–H groups in total. The summed E-state index contributed by atoms with van der Waals surface area (Å²) >= 11 is 17.8. The summed E-state index contributed by atoms with van der Waals surface area (Å²) in [5, 5.41) is 3.27. The van der Waals surface area contributed by atoms with Gasteiger partial charge in [-0.3, -0.25) is 4.79 Å². The van der Waals surface area contributed by atoms with Crippen LogP contribution in [0.1, 0.15) is 6.92 Å². The molecule has 0 saturated heterocycles. The van der Waals surface area contributed by atoms with Gasteiger partial charge in [0.25, 0.3) is 5.91 Å². The number of amides is 1. The van der Waals surface area contributed by atoms with Crippen LogP contribution in [0.25, 0.3) is 0 Å². The van der Waals surface area contributed by atoms with Crippen LogP contribution in [0.4, 0.5) is 5.69 Å². The number of ether oxygens (including phenoxy) is 2. The van der Waals surface area contributed by atoms with Crippen molar-refractivity contribution >= 4 is 56.4 Å². The molecule has 0 unspecified atom stereocenters. The first kappa shape index (κ1) is 23.6. The first-order valence-corrected chi connectivity index (χ1v) is 10.9. The minimum absolute atomic E-state index is 0.0596. The molecular weight excluding hydrogens is 463 g/mol. The Morgan fingerprint density at radius 3 is 2.28 bits per heavy atom. The van der Waals surface area contributed by atoms with Gasteiger partial charge >= 0.3 is 0 Å². The number of benzene rings is 2. The molecule has 11 heteroatoms. The standard InChI is InChI=1S/C18H19Cl3N2O5S/c1-4-27-15-6-5-11(7-17(15)29(25,26)23(2)3)22-18(24)10-28-16-9-13(20)12(19)8-14(16)21/h5-9H,4,10H2,1-3H3,(H,22,24). The molecule has 0 aromatic heterocycles. The summed E-state index contributed by atoms with van der Waals surface area (Å²) in [7, 11) is -0.961. The zero-order valence-electron chi connectivity index (χ0n) is 15.8. The molecule has 0 aliphatic carbocycles. The fourth-order valence-electron chi connectivity index (χ4n) is 2.21. The molecule has 0 aliphatic rings. The highest BCUT2D eigenvalue weighted by atomic mass is 35.5. The van der Waals surface area contributed by atoms with Crippen LogP contribution in [0, 0.1) is 0 Å². The van der Waals surface area contributed by atoms with Crippen molar-refractivity contribution in [1.82, 2.24) is 4.31 Å². The Labute approximate surface area is 184 Å². The summed E-state index contributed by atoms with van der Waals surface area (Å²) < 4.78 is 36.9. The van der Waals surface area contributed by atoms with Crippen molar-refractivity contribution in [2.45, 2.75) is 11.8 Å². The van der Waals surface area contributed by atoms with Gasteiger partial charge in [-0.2, -0.15) is 0 Å². The Morgan fingerprint density at radius 1 is 1.00 bits per heavy atom. The van der Waals surface area contributed by atoms with E-state index in [1.807, 2.05) is 0 Å². The lowest BCUT2D eigenvalue weighted by Crippen LogP contribution is -2.24. The predicted octanol–water partition coefficient (Wildman–Crippen LogP) is 4.31. The predicted molar refractivity (Wildman–Crippen MR) is 114 cm³/mol. The van der Waals surface area contributed by atoms with Gasteiger partial charge in [0.1, 0.15) is 16.4 Å². The summed E-state index contributed by atoms with van der Waals surface area (Å²) in [4.78, 5) is 12.2. The van der Waals surface area contributed by atoms with Gasteiger partial charge in [0.2, 0.25) is 10.0 Å². The topological polar surface area (TPSA) is 84.9 Å². The molecule has 158 valence electrons. The normalized spacial score (nSPS) is 11.4. The van der Waals surface area contributed by atoms with Crippen molar-refractivity contribution in [2.24, 2.45) is 0 Å². The number of carbonyl (C=O) groups is 1. The highest BCUT2D eigenvalue weighted by Gasteiger charge is 2.23. The Hall–Kier alpha value is -1.71. The lowest BCUT2D eigenvalue weighted by atomic mass is 10.3. The van der Waals surface area contributed by atoms with Crippen LogP contribution in [0.3, 0.4) is 0 Å². The quantitative estimate of drug-likeness (QED) is 0.568. The van der Waals surface area contributed by atoms with Crippen LogP contribution in [0.15, 0.2) is 35.2 Å². The molecule has 7 nitrogen and oxygen atoms in total. The summed E-state index contributed by atoms with van der Waals surface area (Å²) in [6.07, 6.45) is 0. The SMILES string of the molecule is CCOc1ccc(NC(=O)COc2cc(Cl)c(Cl)cc2Cl)cc1S(=O)(=O)N(C)C. The van der Waals surface area contributed by atoms with Crippen LogP contribution >= 0.6 is 34.8 Å². The third-order valence-electron chi connectivity index (χ3n) is 3.62. The van der Waals surface area contributed by atoms with Crippen LogP contribution in [-0.2, 0) is 14.8 Å². The fourth-order valence-corrected chi connectivity index (χ4v) is 3.86. The molecule has 1 amide bonds. The van der Waals surface area contributed by atoms with E-state index in [4.69, 9.17) is 44.3 Å². The highest BCUT2D eigenvalue weighted by molar-refractivity contribution is 7.89. The molecule has 2 aromatic rings. The van der Waals surface area contributed by atoms with Gasteiger partial charge in [-0.25, -0.2) is 12.7 Å². The second-order valence-corrected chi connectivity index (χ2v) is 9.26. The van der Waals surface area contributed by atoms with Crippen molar-refractivity contribution in [3.05, 3.63) is 45.4 Å². The first-order valence-electron chi connectivity index (χ1n) is 8.32. The molecule has 0 aliphatic heterocycles. The molecule has 0 saturated carbocycles. The van der Waals surface area contributed by atoms with E-state index in [-0.39, 0.29) is 43.8 Å². The number of rotatable bonds is 8. The van der Waals surface area contributed by atoms with E-state index in [2.05, 4.69) is 5.32 Å². The van der Waals surface area contributed by atoms with E-state index in [0.717, 1.165) is 4.31 Å². The number of anilines is 1. The van der Waals surface area contributed by atoms with E-state index in [0.29, 0.717) is 6.61 Å². The lowest BCUT2D eigenvalue weighted by molar-refractivity contribution is -0.118. The number of hydrogen-bond donors (Lipinski definition) is 1. The van der Waals surface area contributed by atoms with Crippen molar-refractivity contribution in [1.29, 1.82) is 0 Å². The molecule has 0 spiro atoms. The Bertz CT molecular complexity index is 1010. The molecule has 2 aromatic carbocycles.